The van der Waals surface area contributed by atoms with E-state index in [2.05, 4.69) is 20.3 Å². The molecule has 0 aliphatic carbocycles. The van der Waals surface area contributed by atoms with Gasteiger partial charge < -0.3 is 19.1 Å². The second-order valence-corrected chi connectivity index (χ2v) is 8.63. The van der Waals surface area contributed by atoms with Crippen LogP contribution in [0.1, 0.15) is 16.1 Å². The number of aryl methyl sites for hydroxylation is 1. The van der Waals surface area contributed by atoms with Crippen molar-refractivity contribution in [2.75, 3.05) is 38.2 Å². The molecule has 0 N–H and O–H groups in total. The Bertz CT molecular complexity index is 1330. The third-order valence-corrected chi connectivity index (χ3v) is 6.46. The van der Waals surface area contributed by atoms with E-state index < -0.39 is 0 Å². The molecule has 5 rings (SSSR count). The van der Waals surface area contributed by atoms with Crippen LogP contribution in [0.25, 0.3) is 22.5 Å². The molecule has 35 heavy (non-hydrogen) atoms. The molecule has 9 heteroatoms. The van der Waals surface area contributed by atoms with Crippen LogP contribution in [0.15, 0.2) is 65.2 Å². The molecule has 1 aliphatic rings. The van der Waals surface area contributed by atoms with E-state index in [1.807, 2.05) is 59.5 Å². The molecule has 2 aromatic carbocycles. The Hall–Kier alpha value is -3.91. The smallest absolute Gasteiger partial charge is 0.259 e. The lowest BCUT2D eigenvalue weighted by atomic mass is 10.0. The van der Waals surface area contributed by atoms with Gasteiger partial charge in [-0.2, -0.15) is 0 Å². The maximum absolute atomic E-state index is 13.4. The molecular weight excluding hydrogens is 466 g/mol. The summed E-state index contributed by atoms with van der Waals surface area (Å²) in [5, 5.41) is 13.5. The van der Waals surface area contributed by atoms with Crippen LogP contribution in [-0.2, 0) is 0 Å². The summed E-state index contributed by atoms with van der Waals surface area (Å²) in [7, 11) is 1.64. The number of benzene rings is 2. The number of rotatable bonds is 5. The fourth-order valence-electron chi connectivity index (χ4n) is 4.17. The van der Waals surface area contributed by atoms with Gasteiger partial charge in [-0.3, -0.25) is 4.79 Å². The Morgan fingerprint density at radius 2 is 1.71 bits per heavy atom. The van der Waals surface area contributed by atoms with Crippen molar-refractivity contribution in [3.63, 3.8) is 0 Å². The number of hydrogen-bond acceptors (Lipinski definition) is 7. The highest BCUT2D eigenvalue weighted by molar-refractivity contribution is 6.33. The van der Waals surface area contributed by atoms with Crippen molar-refractivity contribution in [1.29, 1.82) is 0 Å². The number of methoxy groups -OCH3 is 1. The molecule has 8 nitrogen and oxygen atoms in total. The first-order chi connectivity index (χ1) is 17.0. The fraction of sp³-hybridized carbons (Fsp3) is 0.231. The summed E-state index contributed by atoms with van der Waals surface area (Å²) in [4.78, 5) is 17.3. The minimum absolute atomic E-state index is 0.112. The standard InChI is InChI=1S/C26H24ClN5O3/c1-17-24(25(30-35-17)20-5-3-4-6-21(20)27)26(33)32-15-13-31(14-16-32)23-12-11-22(28-29-23)18-7-9-19(34-2)10-8-18/h3-12H,13-16H2,1-2H3. The van der Waals surface area contributed by atoms with Gasteiger partial charge in [-0.25, -0.2) is 0 Å². The lowest BCUT2D eigenvalue weighted by Gasteiger charge is -2.35. The van der Waals surface area contributed by atoms with E-state index >= 15 is 0 Å². The topological polar surface area (TPSA) is 84.6 Å². The van der Waals surface area contributed by atoms with Gasteiger partial charge in [-0.1, -0.05) is 35.0 Å². The fourth-order valence-corrected chi connectivity index (χ4v) is 4.39. The maximum Gasteiger partial charge on any atom is 0.259 e. The van der Waals surface area contributed by atoms with Crippen molar-refractivity contribution >= 4 is 23.3 Å². The van der Waals surface area contributed by atoms with E-state index in [4.69, 9.17) is 20.9 Å². The second kappa shape index (κ2) is 9.76. The van der Waals surface area contributed by atoms with E-state index in [-0.39, 0.29) is 5.91 Å². The summed E-state index contributed by atoms with van der Waals surface area (Å²) in [5.74, 6) is 1.95. The first-order valence-electron chi connectivity index (χ1n) is 11.3. The Labute approximate surface area is 208 Å². The molecule has 2 aromatic heterocycles. The molecule has 0 spiro atoms. The van der Waals surface area contributed by atoms with Crippen LogP contribution in [0, 0.1) is 6.92 Å². The number of ether oxygens (including phenoxy) is 1. The Kier molecular flexibility index (Phi) is 6.37. The molecule has 3 heterocycles. The van der Waals surface area contributed by atoms with Crippen molar-refractivity contribution < 1.29 is 14.1 Å². The zero-order valence-electron chi connectivity index (χ0n) is 19.4. The van der Waals surface area contributed by atoms with Gasteiger partial charge >= 0.3 is 0 Å². The summed E-state index contributed by atoms with van der Waals surface area (Å²) >= 11 is 6.35. The van der Waals surface area contributed by atoms with Gasteiger partial charge in [-0.05, 0) is 49.4 Å². The minimum atomic E-state index is -0.112. The quantitative estimate of drug-likeness (QED) is 0.400. The zero-order valence-corrected chi connectivity index (χ0v) is 20.2. The molecular formula is C26H24ClN5O3. The van der Waals surface area contributed by atoms with E-state index in [1.54, 1.807) is 20.1 Å². The van der Waals surface area contributed by atoms with Crippen LogP contribution in [0.2, 0.25) is 5.02 Å². The summed E-state index contributed by atoms with van der Waals surface area (Å²) in [5.41, 5.74) is 3.37. The molecule has 0 bridgehead atoms. The molecule has 0 saturated carbocycles. The number of nitrogens with zero attached hydrogens (tertiary/aromatic N) is 5. The van der Waals surface area contributed by atoms with Gasteiger partial charge in [0.2, 0.25) is 0 Å². The Morgan fingerprint density at radius 1 is 0.971 bits per heavy atom. The minimum Gasteiger partial charge on any atom is -0.497 e. The first-order valence-corrected chi connectivity index (χ1v) is 11.7. The number of hydrogen-bond donors (Lipinski definition) is 0. The molecule has 0 atom stereocenters. The maximum atomic E-state index is 13.4. The van der Waals surface area contributed by atoms with Crippen molar-refractivity contribution in [3.05, 3.63) is 77.0 Å². The average Bonchev–Trinajstić information content (AvgIpc) is 3.29. The molecule has 0 unspecified atom stereocenters. The lowest BCUT2D eigenvalue weighted by Crippen LogP contribution is -2.49. The number of carbonyl (C=O) groups excluding carboxylic acids is 1. The number of anilines is 1. The Morgan fingerprint density at radius 3 is 2.37 bits per heavy atom. The van der Waals surface area contributed by atoms with Crippen LogP contribution in [0.3, 0.4) is 0 Å². The second-order valence-electron chi connectivity index (χ2n) is 8.23. The molecule has 1 amide bonds. The predicted octanol–water partition coefficient (Wildman–Crippen LogP) is 4.73. The summed E-state index contributed by atoms with van der Waals surface area (Å²) in [6.45, 7) is 4.14. The van der Waals surface area contributed by atoms with Crippen molar-refractivity contribution in [1.82, 2.24) is 20.3 Å². The number of piperazine rings is 1. The van der Waals surface area contributed by atoms with Crippen molar-refractivity contribution in [2.24, 2.45) is 0 Å². The Balaban J connectivity index is 1.27. The van der Waals surface area contributed by atoms with Gasteiger partial charge in [-0.15, -0.1) is 10.2 Å². The van der Waals surface area contributed by atoms with E-state index in [0.29, 0.717) is 53.8 Å². The predicted molar refractivity (Wildman–Crippen MR) is 134 cm³/mol. The van der Waals surface area contributed by atoms with Gasteiger partial charge in [0.25, 0.3) is 5.91 Å². The number of amides is 1. The molecule has 4 aromatic rings. The molecule has 1 saturated heterocycles. The third-order valence-electron chi connectivity index (χ3n) is 6.13. The zero-order chi connectivity index (χ0) is 24.4. The van der Waals surface area contributed by atoms with Crippen LogP contribution < -0.4 is 9.64 Å². The number of aromatic nitrogens is 3. The van der Waals surface area contributed by atoms with Gasteiger partial charge in [0.05, 0.1) is 17.8 Å². The van der Waals surface area contributed by atoms with Crippen LogP contribution in [0.4, 0.5) is 5.82 Å². The highest BCUT2D eigenvalue weighted by atomic mass is 35.5. The summed E-state index contributed by atoms with van der Waals surface area (Å²) in [6, 6.07) is 18.9. The first kappa shape index (κ1) is 22.9. The molecule has 1 fully saturated rings. The lowest BCUT2D eigenvalue weighted by molar-refractivity contribution is 0.0745. The summed E-state index contributed by atoms with van der Waals surface area (Å²) in [6.07, 6.45) is 0. The van der Waals surface area contributed by atoms with Gasteiger partial charge in [0, 0.05) is 37.3 Å². The van der Waals surface area contributed by atoms with Crippen molar-refractivity contribution in [2.45, 2.75) is 6.92 Å². The van der Waals surface area contributed by atoms with E-state index in [0.717, 1.165) is 22.8 Å². The average molecular weight is 490 g/mol. The highest BCUT2D eigenvalue weighted by Crippen LogP contribution is 2.32. The molecule has 1 aliphatic heterocycles. The third kappa shape index (κ3) is 4.57. The normalized spacial score (nSPS) is 13.7. The molecule has 178 valence electrons. The van der Waals surface area contributed by atoms with Gasteiger partial charge in [0.1, 0.15) is 22.8 Å². The highest BCUT2D eigenvalue weighted by Gasteiger charge is 2.29. The molecule has 0 radical (unpaired) electrons. The number of carbonyl (C=O) groups is 1. The monoisotopic (exact) mass is 489 g/mol. The van der Waals surface area contributed by atoms with E-state index in [1.165, 1.54) is 0 Å². The number of halogens is 1. The SMILES string of the molecule is COc1ccc(-c2ccc(N3CCN(C(=O)c4c(-c5ccccc5Cl)noc4C)CC3)nn2)cc1. The summed E-state index contributed by atoms with van der Waals surface area (Å²) < 4.78 is 10.6. The van der Waals surface area contributed by atoms with Crippen molar-refractivity contribution in [3.8, 4) is 28.3 Å². The van der Waals surface area contributed by atoms with Crippen LogP contribution >= 0.6 is 11.6 Å². The van der Waals surface area contributed by atoms with Gasteiger partial charge in [0.15, 0.2) is 5.82 Å². The van der Waals surface area contributed by atoms with E-state index in [9.17, 15) is 4.79 Å². The van der Waals surface area contributed by atoms with Crippen LogP contribution in [-0.4, -0.2) is 59.4 Å². The largest absolute Gasteiger partial charge is 0.497 e. The van der Waals surface area contributed by atoms with Crippen LogP contribution in [0.5, 0.6) is 5.75 Å².